The van der Waals surface area contributed by atoms with Crippen LogP contribution in [0, 0.1) is 0 Å². The molecule has 3 heteroatoms. The third-order valence-corrected chi connectivity index (χ3v) is 1.91. The number of hydrogen-bond acceptors (Lipinski definition) is 3. The summed E-state index contributed by atoms with van der Waals surface area (Å²) >= 11 is 0. The Morgan fingerprint density at radius 3 is 2.57 bits per heavy atom. The van der Waals surface area contributed by atoms with Gasteiger partial charge < -0.3 is 10.4 Å². The van der Waals surface area contributed by atoms with Gasteiger partial charge in [-0.15, -0.1) is 0 Å². The molecule has 0 radical (unpaired) electrons. The highest BCUT2D eigenvalue weighted by Gasteiger charge is 1.93. The minimum atomic E-state index is -0.423. The van der Waals surface area contributed by atoms with E-state index in [-0.39, 0.29) is 0 Å². The zero-order valence-electron chi connectivity index (χ0n) is 8.53. The summed E-state index contributed by atoms with van der Waals surface area (Å²) in [5, 5.41) is 15.1. The number of aliphatic hydroxyl groups is 1. The Balaban J connectivity index is 2.05. The van der Waals surface area contributed by atoms with Gasteiger partial charge in [0.25, 0.3) is 0 Å². The molecule has 0 heterocycles. The standard InChI is InChI=1S/C11H18N2O/c1-10(14)13-8-7-12-9-11-5-3-2-4-6-11/h2-6,10,12-14H,7-9H2,1H3. The molecule has 1 atom stereocenters. The van der Waals surface area contributed by atoms with E-state index in [1.165, 1.54) is 5.56 Å². The van der Waals surface area contributed by atoms with Gasteiger partial charge in [-0.3, -0.25) is 5.32 Å². The summed E-state index contributed by atoms with van der Waals surface area (Å²) in [6.07, 6.45) is -0.423. The number of benzene rings is 1. The number of aliphatic hydroxyl groups excluding tert-OH is 1. The lowest BCUT2D eigenvalue weighted by atomic mass is 10.2. The van der Waals surface area contributed by atoms with Crippen molar-refractivity contribution in [1.29, 1.82) is 0 Å². The summed E-state index contributed by atoms with van der Waals surface area (Å²) in [4.78, 5) is 0. The van der Waals surface area contributed by atoms with Crippen LogP contribution < -0.4 is 10.6 Å². The smallest absolute Gasteiger partial charge is 0.102 e. The van der Waals surface area contributed by atoms with E-state index in [2.05, 4.69) is 22.8 Å². The highest BCUT2D eigenvalue weighted by molar-refractivity contribution is 5.14. The van der Waals surface area contributed by atoms with Gasteiger partial charge in [0.15, 0.2) is 0 Å². The predicted octanol–water partition coefficient (Wildman–Crippen LogP) is 0.704. The van der Waals surface area contributed by atoms with Crippen molar-refractivity contribution < 1.29 is 5.11 Å². The van der Waals surface area contributed by atoms with Gasteiger partial charge in [-0.05, 0) is 12.5 Å². The maximum absolute atomic E-state index is 8.93. The third kappa shape index (κ3) is 4.97. The minimum absolute atomic E-state index is 0.423. The van der Waals surface area contributed by atoms with E-state index in [1.807, 2.05) is 18.2 Å². The highest BCUT2D eigenvalue weighted by Crippen LogP contribution is 1.96. The lowest BCUT2D eigenvalue weighted by molar-refractivity contribution is 0.157. The van der Waals surface area contributed by atoms with Crippen LogP contribution in [0.15, 0.2) is 30.3 Å². The van der Waals surface area contributed by atoms with Crippen LogP contribution in [0.4, 0.5) is 0 Å². The molecule has 0 aliphatic heterocycles. The molecule has 1 aromatic rings. The van der Waals surface area contributed by atoms with E-state index >= 15 is 0 Å². The topological polar surface area (TPSA) is 44.3 Å². The van der Waals surface area contributed by atoms with E-state index < -0.39 is 6.23 Å². The molecule has 1 aromatic carbocycles. The van der Waals surface area contributed by atoms with Crippen molar-refractivity contribution in [2.45, 2.75) is 19.7 Å². The molecule has 1 rings (SSSR count). The van der Waals surface area contributed by atoms with Gasteiger partial charge >= 0.3 is 0 Å². The first-order valence-electron chi connectivity index (χ1n) is 4.95. The second kappa shape index (κ2) is 6.54. The molecule has 0 amide bonds. The number of nitrogens with one attached hydrogen (secondary N) is 2. The van der Waals surface area contributed by atoms with E-state index in [0.717, 1.165) is 19.6 Å². The fourth-order valence-corrected chi connectivity index (χ4v) is 1.20. The van der Waals surface area contributed by atoms with Crippen molar-refractivity contribution in [2.24, 2.45) is 0 Å². The molecule has 1 unspecified atom stereocenters. The highest BCUT2D eigenvalue weighted by atomic mass is 16.3. The second-order valence-electron chi connectivity index (χ2n) is 3.29. The second-order valence-corrected chi connectivity index (χ2v) is 3.29. The van der Waals surface area contributed by atoms with E-state index in [1.54, 1.807) is 6.92 Å². The zero-order valence-corrected chi connectivity index (χ0v) is 8.53. The Morgan fingerprint density at radius 2 is 1.93 bits per heavy atom. The molecule has 3 N–H and O–H groups in total. The monoisotopic (exact) mass is 194 g/mol. The van der Waals surface area contributed by atoms with Crippen molar-refractivity contribution >= 4 is 0 Å². The van der Waals surface area contributed by atoms with Crippen molar-refractivity contribution in [3.8, 4) is 0 Å². The molecule has 0 bridgehead atoms. The normalized spacial score (nSPS) is 12.7. The first-order valence-corrected chi connectivity index (χ1v) is 4.95. The van der Waals surface area contributed by atoms with Crippen LogP contribution in [-0.2, 0) is 6.54 Å². The van der Waals surface area contributed by atoms with Gasteiger partial charge in [0.2, 0.25) is 0 Å². The predicted molar refractivity (Wildman–Crippen MR) is 57.8 cm³/mol. The minimum Gasteiger partial charge on any atom is -0.379 e. The summed E-state index contributed by atoms with van der Waals surface area (Å²) in [5.74, 6) is 0. The Hall–Kier alpha value is -0.900. The lowest BCUT2D eigenvalue weighted by Gasteiger charge is -2.08. The molecule has 0 fully saturated rings. The van der Waals surface area contributed by atoms with Crippen LogP contribution in [0.5, 0.6) is 0 Å². The van der Waals surface area contributed by atoms with Gasteiger partial charge in [0.1, 0.15) is 6.23 Å². The van der Waals surface area contributed by atoms with E-state index in [0.29, 0.717) is 0 Å². The van der Waals surface area contributed by atoms with E-state index in [4.69, 9.17) is 5.11 Å². The molecule has 78 valence electrons. The SMILES string of the molecule is CC(O)NCCNCc1ccccc1. The van der Waals surface area contributed by atoms with Gasteiger partial charge in [-0.2, -0.15) is 0 Å². The Labute approximate surface area is 85.2 Å². The van der Waals surface area contributed by atoms with Crippen LogP contribution in [0.25, 0.3) is 0 Å². The average Bonchev–Trinajstić information content (AvgIpc) is 2.18. The number of rotatable bonds is 6. The first-order chi connectivity index (χ1) is 6.79. The van der Waals surface area contributed by atoms with Gasteiger partial charge in [0, 0.05) is 19.6 Å². The van der Waals surface area contributed by atoms with Gasteiger partial charge in [0.05, 0.1) is 0 Å². The maximum Gasteiger partial charge on any atom is 0.102 e. The van der Waals surface area contributed by atoms with Gasteiger partial charge in [-0.25, -0.2) is 0 Å². The van der Waals surface area contributed by atoms with Crippen molar-refractivity contribution in [2.75, 3.05) is 13.1 Å². The fraction of sp³-hybridized carbons (Fsp3) is 0.455. The molecular weight excluding hydrogens is 176 g/mol. The quantitative estimate of drug-likeness (QED) is 0.461. The van der Waals surface area contributed by atoms with Crippen LogP contribution in [0.1, 0.15) is 12.5 Å². The summed E-state index contributed by atoms with van der Waals surface area (Å²) in [5.41, 5.74) is 1.28. The van der Waals surface area contributed by atoms with E-state index in [9.17, 15) is 0 Å². The molecule has 0 aromatic heterocycles. The summed E-state index contributed by atoms with van der Waals surface area (Å²) in [6.45, 7) is 4.24. The van der Waals surface area contributed by atoms with Crippen LogP contribution in [-0.4, -0.2) is 24.4 Å². The maximum atomic E-state index is 8.93. The van der Waals surface area contributed by atoms with Crippen LogP contribution >= 0.6 is 0 Å². The molecule has 0 spiro atoms. The summed E-state index contributed by atoms with van der Waals surface area (Å²) in [7, 11) is 0. The van der Waals surface area contributed by atoms with Crippen molar-refractivity contribution in [3.05, 3.63) is 35.9 Å². The third-order valence-electron chi connectivity index (χ3n) is 1.91. The van der Waals surface area contributed by atoms with Crippen molar-refractivity contribution in [1.82, 2.24) is 10.6 Å². The zero-order chi connectivity index (χ0) is 10.2. The van der Waals surface area contributed by atoms with Crippen LogP contribution in [0.2, 0.25) is 0 Å². The Kier molecular flexibility index (Phi) is 5.22. The fourth-order valence-electron chi connectivity index (χ4n) is 1.20. The summed E-state index contributed by atoms with van der Waals surface area (Å²) in [6, 6.07) is 10.3. The van der Waals surface area contributed by atoms with Gasteiger partial charge in [-0.1, -0.05) is 30.3 Å². The molecule has 14 heavy (non-hydrogen) atoms. The molecular formula is C11H18N2O. The molecule has 0 saturated carbocycles. The first kappa shape index (κ1) is 11.2. The molecule has 3 nitrogen and oxygen atoms in total. The number of hydrogen-bond donors (Lipinski definition) is 3. The lowest BCUT2D eigenvalue weighted by Crippen LogP contribution is -2.32. The van der Waals surface area contributed by atoms with Crippen LogP contribution in [0.3, 0.4) is 0 Å². The largest absolute Gasteiger partial charge is 0.379 e. The molecule has 0 aliphatic rings. The Bertz CT molecular complexity index is 236. The molecule has 0 aliphatic carbocycles. The average molecular weight is 194 g/mol. The molecule has 0 saturated heterocycles. The van der Waals surface area contributed by atoms with Crippen molar-refractivity contribution in [3.63, 3.8) is 0 Å². The Morgan fingerprint density at radius 1 is 1.21 bits per heavy atom. The summed E-state index contributed by atoms with van der Waals surface area (Å²) < 4.78 is 0.